The zero-order valence-electron chi connectivity index (χ0n) is 8.31. The van der Waals surface area contributed by atoms with Gasteiger partial charge in [0.15, 0.2) is 0 Å². The molecule has 0 fully saturated rings. The number of rotatable bonds is 5. The summed E-state index contributed by atoms with van der Waals surface area (Å²) in [4.78, 5) is 14.5. The van der Waals surface area contributed by atoms with E-state index in [1.165, 1.54) is 0 Å². The molecule has 1 atom stereocenters. The average Bonchev–Trinajstić information content (AvgIpc) is 2.20. The molecule has 0 aliphatic carbocycles. The number of carboxylic acid groups (broad SMARTS) is 1. The largest absolute Gasteiger partial charge is 0.481 e. The molecule has 0 saturated carbocycles. The van der Waals surface area contributed by atoms with Crippen LogP contribution in [-0.2, 0) is 10.5 Å². The van der Waals surface area contributed by atoms with Crippen molar-refractivity contribution >= 4 is 29.3 Å². The fraction of sp³-hybridized carbons (Fsp3) is 0.400. The van der Waals surface area contributed by atoms with E-state index in [1.807, 2.05) is 12.1 Å². The van der Waals surface area contributed by atoms with Crippen molar-refractivity contribution in [3.05, 3.63) is 29.0 Å². The Bertz CT molecular complexity index is 346. The number of halogens is 1. The van der Waals surface area contributed by atoms with Crippen LogP contribution in [0, 0.1) is 5.92 Å². The Morgan fingerprint density at radius 2 is 2.47 bits per heavy atom. The molecule has 0 saturated heterocycles. The number of hydrogen-bond donors (Lipinski definition) is 1. The van der Waals surface area contributed by atoms with E-state index in [9.17, 15) is 4.79 Å². The molecule has 0 aliphatic rings. The predicted octanol–water partition coefficient (Wildman–Crippen LogP) is 2.69. The highest BCUT2D eigenvalue weighted by atomic mass is 35.5. The van der Waals surface area contributed by atoms with Crippen LogP contribution in [0.4, 0.5) is 0 Å². The second-order valence-corrected chi connectivity index (χ2v) is 4.60. The molecule has 1 unspecified atom stereocenters. The van der Waals surface area contributed by atoms with Crippen LogP contribution in [0.15, 0.2) is 18.3 Å². The topological polar surface area (TPSA) is 50.2 Å². The van der Waals surface area contributed by atoms with E-state index in [1.54, 1.807) is 24.9 Å². The molecular formula is C10H12ClNO2S. The first-order valence-electron chi connectivity index (χ1n) is 4.51. The van der Waals surface area contributed by atoms with Crippen molar-refractivity contribution < 1.29 is 9.90 Å². The fourth-order valence-electron chi connectivity index (χ4n) is 0.944. The van der Waals surface area contributed by atoms with Gasteiger partial charge in [-0.05, 0) is 11.6 Å². The van der Waals surface area contributed by atoms with Crippen LogP contribution in [0.1, 0.15) is 12.5 Å². The third-order valence-electron chi connectivity index (χ3n) is 1.88. The lowest BCUT2D eigenvalue weighted by molar-refractivity contribution is -0.140. The van der Waals surface area contributed by atoms with E-state index in [2.05, 4.69) is 4.98 Å². The Balaban J connectivity index is 2.38. The normalized spacial score (nSPS) is 12.4. The molecule has 3 nitrogen and oxygen atoms in total. The van der Waals surface area contributed by atoms with Gasteiger partial charge in [-0.25, -0.2) is 4.98 Å². The number of hydrogen-bond acceptors (Lipinski definition) is 3. The molecular weight excluding hydrogens is 234 g/mol. The van der Waals surface area contributed by atoms with E-state index in [0.29, 0.717) is 16.7 Å². The summed E-state index contributed by atoms with van der Waals surface area (Å²) in [6, 6.07) is 3.72. The molecule has 15 heavy (non-hydrogen) atoms. The number of carboxylic acids is 1. The smallest absolute Gasteiger partial charge is 0.307 e. The minimum absolute atomic E-state index is 0.328. The second kappa shape index (κ2) is 5.98. The summed E-state index contributed by atoms with van der Waals surface area (Å²) in [5.41, 5.74) is 0.946. The number of thioether (sulfide) groups is 1. The number of nitrogens with zero attached hydrogens (tertiary/aromatic N) is 1. The van der Waals surface area contributed by atoms with Gasteiger partial charge in [0.2, 0.25) is 0 Å². The van der Waals surface area contributed by atoms with Crippen molar-refractivity contribution in [2.75, 3.05) is 5.75 Å². The van der Waals surface area contributed by atoms with Crippen LogP contribution in [0.3, 0.4) is 0 Å². The van der Waals surface area contributed by atoms with Gasteiger partial charge in [0.25, 0.3) is 0 Å². The fourth-order valence-corrected chi connectivity index (χ4v) is 2.28. The minimum atomic E-state index is -0.764. The van der Waals surface area contributed by atoms with Gasteiger partial charge in [0.05, 0.1) is 5.92 Å². The Morgan fingerprint density at radius 1 is 1.73 bits per heavy atom. The Hall–Kier alpha value is -0.740. The number of aliphatic carboxylic acids is 1. The van der Waals surface area contributed by atoms with Gasteiger partial charge in [-0.15, -0.1) is 0 Å². The first-order valence-corrected chi connectivity index (χ1v) is 6.04. The minimum Gasteiger partial charge on any atom is -0.481 e. The van der Waals surface area contributed by atoms with Crippen LogP contribution in [0.5, 0.6) is 0 Å². The van der Waals surface area contributed by atoms with Crippen molar-refractivity contribution in [1.82, 2.24) is 4.98 Å². The maximum absolute atomic E-state index is 10.6. The highest BCUT2D eigenvalue weighted by molar-refractivity contribution is 7.98. The zero-order valence-corrected chi connectivity index (χ0v) is 9.88. The van der Waals surface area contributed by atoms with Gasteiger partial charge in [-0.2, -0.15) is 11.8 Å². The van der Waals surface area contributed by atoms with Gasteiger partial charge in [0, 0.05) is 17.7 Å². The van der Waals surface area contributed by atoms with Gasteiger partial charge in [-0.1, -0.05) is 24.6 Å². The summed E-state index contributed by atoms with van der Waals surface area (Å²) in [7, 11) is 0. The number of pyridine rings is 1. The van der Waals surface area contributed by atoms with Gasteiger partial charge < -0.3 is 5.11 Å². The molecule has 1 aromatic heterocycles. The van der Waals surface area contributed by atoms with Crippen molar-refractivity contribution in [2.24, 2.45) is 5.92 Å². The van der Waals surface area contributed by atoms with Crippen molar-refractivity contribution in [3.8, 4) is 0 Å². The van der Waals surface area contributed by atoms with Gasteiger partial charge in [-0.3, -0.25) is 4.79 Å². The Kier molecular flexibility index (Phi) is 4.91. The highest BCUT2D eigenvalue weighted by Gasteiger charge is 2.10. The van der Waals surface area contributed by atoms with Crippen LogP contribution in [0.2, 0.25) is 5.15 Å². The molecule has 1 N–H and O–H groups in total. The summed E-state index contributed by atoms with van der Waals surface area (Å²) in [6.45, 7) is 1.69. The lowest BCUT2D eigenvalue weighted by Gasteiger charge is -2.06. The lowest BCUT2D eigenvalue weighted by atomic mass is 10.2. The van der Waals surface area contributed by atoms with Crippen molar-refractivity contribution in [1.29, 1.82) is 0 Å². The van der Waals surface area contributed by atoms with E-state index in [-0.39, 0.29) is 5.92 Å². The van der Waals surface area contributed by atoms with Crippen molar-refractivity contribution in [3.63, 3.8) is 0 Å². The standard InChI is InChI=1S/C10H12ClNO2S/c1-7(10(13)14)5-15-6-8-3-2-4-12-9(8)11/h2-4,7H,5-6H2,1H3,(H,13,14). The number of carbonyl (C=O) groups is 1. The van der Waals surface area contributed by atoms with E-state index in [0.717, 1.165) is 5.56 Å². The number of aromatic nitrogens is 1. The van der Waals surface area contributed by atoms with E-state index < -0.39 is 5.97 Å². The third kappa shape index (κ3) is 4.10. The molecule has 82 valence electrons. The quantitative estimate of drug-likeness (QED) is 0.811. The summed E-state index contributed by atoms with van der Waals surface area (Å²) < 4.78 is 0. The molecule has 0 aromatic carbocycles. The maximum Gasteiger partial charge on any atom is 0.307 e. The molecule has 0 aliphatic heterocycles. The molecule has 5 heteroatoms. The third-order valence-corrected chi connectivity index (χ3v) is 3.47. The molecule has 0 spiro atoms. The van der Waals surface area contributed by atoms with Crippen LogP contribution >= 0.6 is 23.4 Å². The van der Waals surface area contributed by atoms with Crippen molar-refractivity contribution in [2.45, 2.75) is 12.7 Å². The van der Waals surface area contributed by atoms with Gasteiger partial charge >= 0.3 is 5.97 Å². The molecule has 0 amide bonds. The predicted molar refractivity (Wildman–Crippen MR) is 62.2 cm³/mol. The molecule has 1 heterocycles. The van der Waals surface area contributed by atoms with Gasteiger partial charge in [0.1, 0.15) is 5.15 Å². The summed E-state index contributed by atoms with van der Waals surface area (Å²) in [5, 5.41) is 9.18. The summed E-state index contributed by atoms with van der Waals surface area (Å²) in [6.07, 6.45) is 1.64. The monoisotopic (exact) mass is 245 g/mol. The van der Waals surface area contributed by atoms with Crippen LogP contribution in [0.25, 0.3) is 0 Å². The first-order chi connectivity index (χ1) is 7.11. The summed E-state index contributed by atoms with van der Waals surface area (Å²) >= 11 is 7.41. The maximum atomic E-state index is 10.6. The second-order valence-electron chi connectivity index (χ2n) is 3.21. The summed E-state index contributed by atoms with van der Waals surface area (Å²) in [5.74, 6) is 0.190. The van der Waals surface area contributed by atoms with Crippen LogP contribution in [-0.4, -0.2) is 21.8 Å². The SMILES string of the molecule is CC(CSCc1cccnc1Cl)C(=O)O. The van der Waals surface area contributed by atoms with E-state index >= 15 is 0 Å². The Morgan fingerprint density at radius 3 is 3.07 bits per heavy atom. The first kappa shape index (κ1) is 12.3. The van der Waals surface area contributed by atoms with Crippen LogP contribution < -0.4 is 0 Å². The molecule has 1 rings (SSSR count). The zero-order chi connectivity index (χ0) is 11.3. The molecule has 0 radical (unpaired) electrons. The lowest BCUT2D eigenvalue weighted by Crippen LogP contribution is -2.11. The molecule has 1 aromatic rings. The highest BCUT2D eigenvalue weighted by Crippen LogP contribution is 2.20. The Labute approximate surface area is 97.9 Å². The average molecular weight is 246 g/mol. The molecule has 0 bridgehead atoms. The van der Waals surface area contributed by atoms with E-state index in [4.69, 9.17) is 16.7 Å².